The molecule has 1 saturated heterocycles. The van der Waals surface area contributed by atoms with E-state index in [1.807, 2.05) is 6.92 Å². The van der Waals surface area contributed by atoms with E-state index in [1.54, 1.807) is 18.2 Å². The third-order valence-electron chi connectivity index (χ3n) is 4.25. The number of carbonyl (C=O) groups is 2. The zero-order valence-corrected chi connectivity index (χ0v) is 13.6. The van der Waals surface area contributed by atoms with E-state index in [-0.39, 0.29) is 5.57 Å². The fourth-order valence-corrected chi connectivity index (χ4v) is 3.05. The van der Waals surface area contributed by atoms with Gasteiger partial charge in [0.2, 0.25) is 0 Å². The van der Waals surface area contributed by atoms with Crippen LogP contribution in [0.4, 0.5) is 5.69 Å². The molecule has 1 N–H and O–H groups in total. The Morgan fingerprint density at radius 2 is 1.78 bits per heavy atom. The fraction of sp³-hybridized carbons (Fsp3) is 0.412. The van der Waals surface area contributed by atoms with Gasteiger partial charge in [-0.15, -0.1) is 0 Å². The first-order chi connectivity index (χ1) is 11.0. The smallest absolute Gasteiger partial charge is 0.350 e. The number of nitrogens with one attached hydrogen (secondary N) is 1. The van der Waals surface area contributed by atoms with Crippen LogP contribution >= 0.6 is 11.6 Å². The lowest BCUT2D eigenvalue weighted by molar-refractivity contribution is -0.244. The van der Waals surface area contributed by atoms with Gasteiger partial charge in [0.1, 0.15) is 0 Å². The summed E-state index contributed by atoms with van der Waals surface area (Å²) in [5.74, 6) is -2.35. The third-order valence-corrected chi connectivity index (χ3v) is 4.66. The molecule has 6 heteroatoms. The number of anilines is 1. The van der Waals surface area contributed by atoms with Crippen LogP contribution in [0.2, 0.25) is 5.02 Å². The number of ether oxygens (including phenoxy) is 2. The van der Waals surface area contributed by atoms with Crippen LogP contribution in [0.3, 0.4) is 0 Å². The molecule has 23 heavy (non-hydrogen) atoms. The van der Waals surface area contributed by atoms with Crippen molar-refractivity contribution >= 4 is 29.2 Å². The summed E-state index contributed by atoms with van der Waals surface area (Å²) in [5.41, 5.74) is 1.40. The lowest BCUT2D eigenvalue weighted by Gasteiger charge is -2.38. The Labute approximate surface area is 139 Å². The average molecular weight is 336 g/mol. The van der Waals surface area contributed by atoms with Crippen molar-refractivity contribution in [3.63, 3.8) is 0 Å². The average Bonchev–Trinajstić information content (AvgIpc) is 2.51. The zero-order chi connectivity index (χ0) is 16.4. The molecule has 1 heterocycles. The maximum Gasteiger partial charge on any atom is 0.350 e. The van der Waals surface area contributed by atoms with Gasteiger partial charge in [-0.3, -0.25) is 0 Å². The summed E-state index contributed by atoms with van der Waals surface area (Å²) in [6.45, 7) is 1.84. The van der Waals surface area contributed by atoms with Crippen LogP contribution < -0.4 is 5.32 Å². The van der Waals surface area contributed by atoms with E-state index in [1.165, 1.54) is 6.20 Å². The number of benzene rings is 1. The Morgan fingerprint density at radius 3 is 2.43 bits per heavy atom. The minimum Gasteiger partial charge on any atom is -0.419 e. The largest absolute Gasteiger partial charge is 0.419 e. The molecule has 0 bridgehead atoms. The lowest BCUT2D eigenvalue weighted by atomic mass is 9.93. The zero-order valence-electron chi connectivity index (χ0n) is 12.9. The second-order valence-electron chi connectivity index (χ2n) is 5.87. The third kappa shape index (κ3) is 3.20. The first-order valence-electron chi connectivity index (χ1n) is 7.69. The predicted octanol–water partition coefficient (Wildman–Crippen LogP) is 3.70. The number of hydrogen-bond donors (Lipinski definition) is 1. The molecule has 2 fully saturated rings. The van der Waals surface area contributed by atoms with Gasteiger partial charge in [-0.25, -0.2) is 9.59 Å². The van der Waals surface area contributed by atoms with Gasteiger partial charge in [0.25, 0.3) is 5.79 Å². The van der Waals surface area contributed by atoms with E-state index < -0.39 is 17.7 Å². The van der Waals surface area contributed by atoms with E-state index in [4.69, 9.17) is 21.1 Å². The van der Waals surface area contributed by atoms with Crippen LogP contribution in [0, 0.1) is 6.92 Å². The van der Waals surface area contributed by atoms with Crippen LogP contribution in [0.15, 0.2) is 30.0 Å². The van der Waals surface area contributed by atoms with E-state index in [9.17, 15) is 9.59 Å². The van der Waals surface area contributed by atoms with Crippen LogP contribution in [0.25, 0.3) is 0 Å². The standard InChI is InChI=1S/C17H18ClNO4/c1-11-13(18)6-5-7-14(11)19-10-12-15(20)22-17(23-16(12)21)8-3-2-4-9-17/h5-7,10,19H,2-4,8-9H2,1H3. The lowest BCUT2D eigenvalue weighted by Crippen LogP contribution is -2.47. The predicted molar refractivity (Wildman–Crippen MR) is 85.9 cm³/mol. The van der Waals surface area contributed by atoms with E-state index in [0.29, 0.717) is 23.6 Å². The Balaban J connectivity index is 1.77. The minimum atomic E-state index is -1.06. The number of esters is 2. The highest BCUT2D eigenvalue weighted by molar-refractivity contribution is 6.31. The normalized spacial score (nSPS) is 20.0. The first kappa shape index (κ1) is 15.9. The minimum absolute atomic E-state index is 0.138. The molecule has 2 aliphatic rings. The molecular weight excluding hydrogens is 318 g/mol. The molecular formula is C17H18ClNO4. The molecule has 1 aromatic carbocycles. The van der Waals surface area contributed by atoms with Crippen molar-refractivity contribution < 1.29 is 19.1 Å². The Bertz CT molecular complexity index is 655. The van der Waals surface area contributed by atoms with E-state index >= 15 is 0 Å². The van der Waals surface area contributed by atoms with Crippen LogP contribution in [-0.4, -0.2) is 17.7 Å². The van der Waals surface area contributed by atoms with Crippen molar-refractivity contribution in [2.75, 3.05) is 5.32 Å². The molecule has 0 unspecified atom stereocenters. The Kier molecular flexibility index (Phi) is 4.31. The van der Waals surface area contributed by atoms with Crippen molar-refractivity contribution in [2.24, 2.45) is 0 Å². The highest BCUT2D eigenvalue weighted by Crippen LogP contribution is 2.37. The Morgan fingerprint density at radius 1 is 1.13 bits per heavy atom. The number of hydrogen-bond acceptors (Lipinski definition) is 5. The number of carbonyl (C=O) groups excluding carboxylic acids is 2. The fourth-order valence-electron chi connectivity index (χ4n) is 2.88. The number of rotatable bonds is 2. The van der Waals surface area contributed by atoms with Gasteiger partial charge in [-0.05, 0) is 37.5 Å². The highest BCUT2D eigenvalue weighted by Gasteiger charge is 2.46. The molecule has 1 aliphatic heterocycles. The summed E-state index contributed by atoms with van der Waals surface area (Å²) < 4.78 is 10.8. The molecule has 5 nitrogen and oxygen atoms in total. The van der Waals surface area contributed by atoms with Gasteiger partial charge in [0.05, 0.1) is 0 Å². The van der Waals surface area contributed by atoms with Crippen molar-refractivity contribution in [2.45, 2.75) is 44.8 Å². The summed E-state index contributed by atoms with van der Waals surface area (Å²) in [5, 5.41) is 3.53. The molecule has 0 amide bonds. The van der Waals surface area contributed by atoms with Crippen molar-refractivity contribution in [3.05, 3.63) is 40.6 Å². The molecule has 3 rings (SSSR count). The molecule has 0 radical (unpaired) electrons. The summed E-state index contributed by atoms with van der Waals surface area (Å²) in [7, 11) is 0. The van der Waals surface area contributed by atoms with Crippen molar-refractivity contribution in [1.82, 2.24) is 0 Å². The highest BCUT2D eigenvalue weighted by atomic mass is 35.5. The van der Waals surface area contributed by atoms with Gasteiger partial charge in [0, 0.05) is 29.8 Å². The second-order valence-corrected chi connectivity index (χ2v) is 6.27. The maximum absolute atomic E-state index is 12.2. The molecule has 1 saturated carbocycles. The molecule has 0 atom stereocenters. The maximum atomic E-state index is 12.2. The topological polar surface area (TPSA) is 64.6 Å². The molecule has 0 aromatic heterocycles. The summed E-state index contributed by atoms with van der Waals surface area (Å²) in [6.07, 6.45) is 5.30. The quantitative estimate of drug-likeness (QED) is 0.507. The van der Waals surface area contributed by atoms with Gasteiger partial charge in [-0.1, -0.05) is 24.1 Å². The Hall–Kier alpha value is -2.01. The number of halogens is 1. The van der Waals surface area contributed by atoms with Crippen molar-refractivity contribution in [1.29, 1.82) is 0 Å². The second kappa shape index (κ2) is 6.24. The van der Waals surface area contributed by atoms with Gasteiger partial charge < -0.3 is 14.8 Å². The summed E-state index contributed by atoms with van der Waals surface area (Å²) in [4.78, 5) is 24.4. The van der Waals surface area contributed by atoms with Crippen LogP contribution in [-0.2, 0) is 19.1 Å². The van der Waals surface area contributed by atoms with Crippen LogP contribution in [0.1, 0.15) is 37.7 Å². The van der Waals surface area contributed by atoms with E-state index in [2.05, 4.69) is 5.32 Å². The summed E-state index contributed by atoms with van der Waals surface area (Å²) >= 11 is 6.05. The van der Waals surface area contributed by atoms with Gasteiger partial charge in [-0.2, -0.15) is 0 Å². The van der Waals surface area contributed by atoms with E-state index in [0.717, 1.165) is 24.8 Å². The molecule has 1 aliphatic carbocycles. The SMILES string of the molecule is Cc1c(Cl)cccc1NC=C1C(=O)OC2(CCCCC2)OC1=O. The molecule has 1 spiro atoms. The van der Waals surface area contributed by atoms with Gasteiger partial charge in [0.15, 0.2) is 5.57 Å². The van der Waals surface area contributed by atoms with Gasteiger partial charge >= 0.3 is 11.9 Å². The molecule has 1 aromatic rings. The monoisotopic (exact) mass is 335 g/mol. The van der Waals surface area contributed by atoms with Crippen molar-refractivity contribution in [3.8, 4) is 0 Å². The van der Waals surface area contributed by atoms with Crippen LogP contribution in [0.5, 0.6) is 0 Å². The summed E-state index contributed by atoms with van der Waals surface area (Å²) in [6, 6.07) is 5.36. The first-order valence-corrected chi connectivity index (χ1v) is 8.07. The molecule has 122 valence electrons.